The Hall–Kier alpha value is -1.15. The number of carboxylic acid groups (broad SMARTS) is 1. The van der Waals surface area contributed by atoms with E-state index in [0.29, 0.717) is 6.54 Å². The van der Waals surface area contributed by atoms with Crippen molar-refractivity contribution in [2.45, 2.75) is 31.5 Å². The molecule has 0 spiro atoms. The molecule has 0 saturated carbocycles. The quantitative estimate of drug-likeness (QED) is 0.312. The van der Waals surface area contributed by atoms with Gasteiger partial charge in [0, 0.05) is 0 Å². The predicted molar refractivity (Wildman–Crippen MR) is 85.6 cm³/mol. The van der Waals surface area contributed by atoms with E-state index in [4.69, 9.17) is 9.47 Å². The highest BCUT2D eigenvalue weighted by molar-refractivity contribution is 9.10. The summed E-state index contributed by atoms with van der Waals surface area (Å²) in [6.07, 6.45) is 0.197. The summed E-state index contributed by atoms with van der Waals surface area (Å²) < 4.78 is 9.04. The number of nitrogens with zero attached hydrogens (tertiary/aromatic N) is 1. The molecule has 0 aromatic heterocycles. The normalized spacial score (nSPS) is 14.7. The molecule has 0 N–H and O–H groups in total. The average Bonchev–Trinajstić information content (AvgIpc) is 2.34. The first-order chi connectivity index (χ1) is 10.2. The Bertz CT molecular complexity index is 459. The molecule has 134 valence electrons. The lowest BCUT2D eigenvalue weighted by atomic mass is 9.83. The molecule has 0 rings (SSSR count). The van der Waals surface area contributed by atoms with Crippen molar-refractivity contribution in [3.05, 3.63) is 0 Å². The fourth-order valence-electron chi connectivity index (χ4n) is 2.22. The molecule has 7 nitrogen and oxygen atoms in total. The van der Waals surface area contributed by atoms with E-state index in [2.05, 4.69) is 15.9 Å². The molecule has 1 unspecified atom stereocenters. The minimum Gasteiger partial charge on any atom is -0.544 e. The highest BCUT2D eigenvalue weighted by Crippen LogP contribution is 2.35. The van der Waals surface area contributed by atoms with Crippen LogP contribution < -0.4 is 5.11 Å². The maximum atomic E-state index is 12.2. The van der Waals surface area contributed by atoms with Crippen molar-refractivity contribution in [3.8, 4) is 0 Å². The minimum atomic E-state index is -1.16. The Balaban J connectivity index is 4.60. The Labute approximate surface area is 145 Å². The van der Waals surface area contributed by atoms with Crippen molar-refractivity contribution in [2.75, 3.05) is 40.9 Å². The number of rotatable bonds is 9. The summed E-state index contributed by atoms with van der Waals surface area (Å²) in [7, 11) is 4.71. The van der Waals surface area contributed by atoms with Gasteiger partial charge in [-0.2, -0.15) is 0 Å². The van der Waals surface area contributed by atoms with Crippen LogP contribution in [0.5, 0.6) is 0 Å². The molecule has 0 radical (unpaired) electrons. The van der Waals surface area contributed by atoms with Gasteiger partial charge < -0.3 is 23.9 Å². The molecular formula is C15H26BrNO6. The van der Waals surface area contributed by atoms with Crippen molar-refractivity contribution in [1.82, 2.24) is 0 Å². The van der Waals surface area contributed by atoms with Crippen molar-refractivity contribution in [1.29, 1.82) is 0 Å². The molecule has 0 saturated heterocycles. The van der Waals surface area contributed by atoms with Crippen LogP contribution in [0.4, 0.5) is 0 Å². The second kappa shape index (κ2) is 8.10. The third-order valence-electron chi connectivity index (χ3n) is 3.42. The maximum Gasteiger partial charge on any atom is 0.322 e. The molecular weight excluding hydrogens is 370 g/mol. The van der Waals surface area contributed by atoms with E-state index >= 15 is 0 Å². The number of hydrogen-bond acceptors (Lipinski definition) is 6. The summed E-state index contributed by atoms with van der Waals surface area (Å²) >= 11 is 3.31. The van der Waals surface area contributed by atoms with Gasteiger partial charge in [0.25, 0.3) is 0 Å². The fourth-order valence-corrected chi connectivity index (χ4v) is 3.03. The van der Waals surface area contributed by atoms with Crippen LogP contribution in [0.3, 0.4) is 0 Å². The molecule has 0 aromatic rings. The third-order valence-corrected chi connectivity index (χ3v) is 4.03. The Morgan fingerprint density at radius 2 is 1.65 bits per heavy atom. The largest absolute Gasteiger partial charge is 0.544 e. The lowest BCUT2D eigenvalue weighted by molar-refractivity contribution is -0.884. The van der Waals surface area contributed by atoms with E-state index in [-0.39, 0.29) is 24.1 Å². The summed E-state index contributed by atoms with van der Waals surface area (Å²) in [5, 5.41) is 10.6. The van der Waals surface area contributed by atoms with Crippen LogP contribution >= 0.6 is 15.9 Å². The van der Waals surface area contributed by atoms with E-state index in [1.807, 2.05) is 0 Å². The van der Waals surface area contributed by atoms with E-state index < -0.39 is 27.6 Å². The molecule has 0 heterocycles. The van der Waals surface area contributed by atoms with Crippen LogP contribution in [0, 0.1) is 5.41 Å². The first-order valence-corrected chi connectivity index (χ1v) is 7.99. The average molecular weight is 396 g/mol. The zero-order chi connectivity index (χ0) is 18.5. The smallest absolute Gasteiger partial charge is 0.322 e. The Kier molecular flexibility index (Phi) is 7.69. The number of esters is 2. The molecule has 0 amide bonds. The number of hydrogen-bond donors (Lipinski definition) is 0. The highest BCUT2D eigenvalue weighted by atomic mass is 79.9. The number of quaternary nitrogens is 1. The molecule has 0 bridgehead atoms. The van der Waals surface area contributed by atoms with E-state index in [1.165, 1.54) is 7.11 Å². The van der Waals surface area contributed by atoms with Gasteiger partial charge in [-0.3, -0.25) is 9.59 Å². The number of halogens is 1. The van der Waals surface area contributed by atoms with Crippen LogP contribution in [0.1, 0.15) is 27.2 Å². The molecule has 23 heavy (non-hydrogen) atoms. The molecule has 0 fully saturated rings. The van der Waals surface area contributed by atoms with Gasteiger partial charge >= 0.3 is 11.9 Å². The predicted octanol–water partition coefficient (Wildman–Crippen LogP) is 0.0988. The summed E-state index contributed by atoms with van der Waals surface area (Å²) in [5.41, 5.74) is -0.851. The first-order valence-electron chi connectivity index (χ1n) is 7.20. The van der Waals surface area contributed by atoms with E-state index in [1.54, 1.807) is 34.9 Å². The number of methoxy groups -OCH3 is 1. The second-order valence-corrected chi connectivity index (χ2v) is 8.83. The van der Waals surface area contributed by atoms with Crippen molar-refractivity contribution in [2.24, 2.45) is 5.41 Å². The number of likely N-dealkylation sites (N-methyl/N-ethyl adjacent to an activating group) is 1. The maximum absolute atomic E-state index is 12.2. The summed E-state index contributed by atoms with van der Waals surface area (Å²) in [4.78, 5) is 34.6. The highest BCUT2D eigenvalue weighted by Gasteiger charge is 2.42. The number of ether oxygens (including phenoxy) is 2. The van der Waals surface area contributed by atoms with Crippen LogP contribution in [-0.2, 0) is 23.9 Å². The number of alkyl halides is 1. The summed E-state index contributed by atoms with van der Waals surface area (Å²) in [5.74, 6) is -2.09. The SMILES string of the molecule is COC(=O)C(C)(C)CC(C)(Br)C(=O)OCC[N+](C)(C)CC(=O)[O-]. The van der Waals surface area contributed by atoms with Gasteiger partial charge in [-0.1, -0.05) is 15.9 Å². The zero-order valence-corrected chi connectivity index (χ0v) is 16.2. The van der Waals surface area contributed by atoms with Gasteiger partial charge in [0.15, 0.2) is 0 Å². The van der Waals surface area contributed by atoms with Crippen LogP contribution in [0.25, 0.3) is 0 Å². The van der Waals surface area contributed by atoms with Crippen LogP contribution in [0.2, 0.25) is 0 Å². The van der Waals surface area contributed by atoms with Gasteiger partial charge in [-0.25, -0.2) is 0 Å². The Morgan fingerprint density at radius 1 is 1.13 bits per heavy atom. The number of carbonyl (C=O) groups excluding carboxylic acids is 3. The topological polar surface area (TPSA) is 92.7 Å². The standard InChI is InChI=1S/C15H26BrNO6/c1-14(2,12(20)22-6)10-15(3,16)13(21)23-8-7-17(4,5)9-11(18)19/h7-10H2,1-6H3. The lowest BCUT2D eigenvalue weighted by Gasteiger charge is -2.32. The van der Waals surface area contributed by atoms with Gasteiger partial charge in [-0.05, 0) is 27.2 Å². The second-order valence-electron chi connectivity index (χ2n) is 7.08. The molecule has 8 heteroatoms. The van der Waals surface area contributed by atoms with Crippen LogP contribution in [0.15, 0.2) is 0 Å². The van der Waals surface area contributed by atoms with E-state index in [9.17, 15) is 19.5 Å². The first kappa shape index (κ1) is 21.9. The van der Waals surface area contributed by atoms with Crippen molar-refractivity contribution in [3.63, 3.8) is 0 Å². The van der Waals surface area contributed by atoms with Crippen LogP contribution in [-0.4, -0.2) is 67.6 Å². The van der Waals surface area contributed by atoms with Crippen molar-refractivity contribution < 1.29 is 33.4 Å². The molecule has 0 aromatic carbocycles. The van der Waals surface area contributed by atoms with E-state index in [0.717, 1.165) is 0 Å². The van der Waals surface area contributed by atoms with Crippen molar-refractivity contribution >= 4 is 33.8 Å². The molecule has 0 aliphatic rings. The lowest BCUT2D eigenvalue weighted by Crippen LogP contribution is -2.50. The van der Waals surface area contributed by atoms with Gasteiger partial charge in [0.05, 0.1) is 32.6 Å². The molecule has 0 aliphatic heterocycles. The Morgan fingerprint density at radius 3 is 2.09 bits per heavy atom. The monoisotopic (exact) mass is 395 g/mol. The van der Waals surface area contributed by atoms with Gasteiger partial charge in [0.1, 0.15) is 24.0 Å². The molecule has 1 atom stereocenters. The number of carboxylic acids is 1. The summed E-state index contributed by atoms with van der Waals surface area (Å²) in [6, 6.07) is 0. The number of carbonyl (C=O) groups is 3. The number of aliphatic carboxylic acids is 1. The summed E-state index contributed by atoms with van der Waals surface area (Å²) in [6.45, 7) is 5.23. The van der Waals surface area contributed by atoms with Gasteiger partial charge in [0.2, 0.25) is 0 Å². The fraction of sp³-hybridized carbons (Fsp3) is 0.800. The third kappa shape index (κ3) is 7.78. The van der Waals surface area contributed by atoms with Gasteiger partial charge in [-0.15, -0.1) is 0 Å². The molecule has 0 aliphatic carbocycles. The minimum absolute atomic E-state index is 0.0684. The zero-order valence-electron chi connectivity index (χ0n) is 14.6.